The molecule has 0 N–H and O–H groups in total. The monoisotopic (exact) mass is 426 g/mol. The van der Waals surface area contributed by atoms with Crippen LogP contribution in [0.3, 0.4) is 0 Å². The van der Waals surface area contributed by atoms with Crippen LogP contribution in [-0.2, 0) is 14.3 Å². The van der Waals surface area contributed by atoms with Gasteiger partial charge in [-0.15, -0.1) is 0 Å². The lowest BCUT2D eigenvalue weighted by molar-refractivity contribution is -0.132. The Bertz CT molecular complexity index is 1040. The van der Waals surface area contributed by atoms with Crippen LogP contribution >= 0.6 is 0 Å². The van der Waals surface area contributed by atoms with Crippen molar-refractivity contribution in [2.45, 2.75) is 33.8 Å². The number of benzene rings is 2. The summed E-state index contributed by atoms with van der Waals surface area (Å²) < 4.78 is 27.5. The fourth-order valence-corrected chi connectivity index (χ4v) is 3.56. The van der Waals surface area contributed by atoms with Crippen LogP contribution in [0.2, 0.25) is 0 Å². The molecule has 0 amide bonds. The molecule has 0 fully saturated rings. The lowest BCUT2D eigenvalue weighted by atomic mass is 9.92. The third kappa shape index (κ3) is 4.66. The molecule has 2 unspecified atom stereocenters. The molecule has 1 aliphatic heterocycles. The second-order valence-corrected chi connectivity index (χ2v) is 7.30. The van der Waals surface area contributed by atoms with Gasteiger partial charge in [0.2, 0.25) is 0 Å². The number of rotatable bonds is 6. The molecule has 0 aromatic heterocycles. The standard InChI is InChI=1S/C24H26O7/c1-13-14(2)24(18-8-10-20(30-16(4)26)22(12-18)28-6)31-23(13)17-7-9-19(29-15(3)25)21(11-17)27-5/h7-13,23H,1-6H3. The summed E-state index contributed by atoms with van der Waals surface area (Å²) in [6.07, 6.45) is -0.241. The van der Waals surface area contributed by atoms with Crippen LogP contribution in [0.25, 0.3) is 5.76 Å². The summed E-state index contributed by atoms with van der Waals surface area (Å²) in [4.78, 5) is 22.6. The molecule has 2 aromatic carbocycles. The third-order valence-electron chi connectivity index (χ3n) is 5.19. The summed E-state index contributed by atoms with van der Waals surface area (Å²) in [5.41, 5.74) is 2.80. The maximum absolute atomic E-state index is 11.3. The van der Waals surface area contributed by atoms with Crippen LogP contribution in [0, 0.1) is 5.92 Å². The zero-order chi connectivity index (χ0) is 22.7. The largest absolute Gasteiger partial charge is 0.493 e. The Kier molecular flexibility index (Phi) is 6.53. The zero-order valence-electron chi connectivity index (χ0n) is 18.5. The van der Waals surface area contributed by atoms with E-state index in [0.717, 1.165) is 22.5 Å². The number of ether oxygens (including phenoxy) is 5. The van der Waals surface area contributed by atoms with Crippen LogP contribution in [0.15, 0.2) is 42.0 Å². The third-order valence-corrected chi connectivity index (χ3v) is 5.19. The first-order chi connectivity index (χ1) is 14.7. The van der Waals surface area contributed by atoms with E-state index in [1.807, 2.05) is 25.1 Å². The highest BCUT2D eigenvalue weighted by Gasteiger charge is 2.34. The Balaban J connectivity index is 1.90. The molecule has 0 saturated heterocycles. The molecular weight excluding hydrogens is 400 g/mol. The van der Waals surface area contributed by atoms with Gasteiger partial charge < -0.3 is 23.7 Å². The molecule has 7 heteroatoms. The molecule has 31 heavy (non-hydrogen) atoms. The number of hydrogen-bond acceptors (Lipinski definition) is 7. The number of esters is 2. The van der Waals surface area contributed by atoms with Crippen molar-refractivity contribution in [3.8, 4) is 23.0 Å². The Morgan fingerprint density at radius 3 is 1.94 bits per heavy atom. The lowest BCUT2D eigenvalue weighted by Gasteiger charge is -2.19. The summed E-state index contributed by atoms with van der Waals surface area (Å²) in [5, 5.41) is 0. The van der Waals surface area contributed by atoms with Crippen molar-refractivity contribution in [1.82, 2.24) is 0 Å². The molecule has 2 atom stereocenters. The van der Waals surface area contributed by atoms with Gasteiger partial charge >= 0.3 is 11.9 Å². The maximum atomic E-state index is 11.3. The first-order valence-electron chi connectivity index (χ1n) is 9.85. The van der Waals surface area contributed by atoms with Crippen LogP contribution in [-0.4, -0.2) is 26.2 Å². The van der Waals surface area contributed by atoms with Gasteiger partial charge in [0, 0.05) is 25.3 Å². The van der Waals surface area contributed by atoms with E-state index in [9.17, 15) is 9.59 Å². The van der Waals surface area contributed by atoms with E-state index in [1.54, 1.807) is 18.2 Å². The highest BCUT2D eigenvalue weighted by atomic mass is 16.6. The molecule has 1 heterocycles. The minimum absolute atomic E-state index is 0.0958. The molecule has 1 aliphatic rings. The molecule has 0 bridgehead atoms. The molecule has 0 radical (unpaired) electrons. The predicted molar refractivity (Wildman–Crippen MR) is 114 cm³/mol. The van der Waals surface area contributed by atoms with Crippen molar-refractivity contribution in [2.24, 2.45) is 5.92 Å². The highest BCUT2D eigenvalue weighted by Crippen LogP contribution is 2.47. The molecule has 0 spiro atoms. The molecule has 7 nitrogen and oxygen atoms in total. The quantitative estimate of drug-likeness (QED) is 0.489. The summed E-state index contributed by atoms with van der Waals surface area (Å²) in [6.45, 7) is 6.80. The SMILES string of the molecule is COc1cc(C2=C(C)C(C)C(c3ccc(OC(C)=O)c(OC)c3)O2)ccc1OC(C)=O. The van der Waals surface area contributed by atoms with Gasteiger partial charge in [-0.1, -0.05) is 13.0 Å². The fraction of sp³-hybridized carbons (Fsp3) is 0.333. The molecule has 3 rings (SSSR count). The second kappa shape index (κ2) is 9.12. The minimum Gasteiger partial charge on any atom is -0.493 e. The van der Waals surface area contributed by atoms with E-state index in [4.69, 9.17) is 23.7 Å². The van der Waals surface area contributed by atoms with E-state index in [2.05, 4.69) is 6.92 Å². The van der Waals surface area contributed by atoms with E-state index in [-0.39, 0.29) is 12.0 Å². The maximum Gasteiger partial charge on any atom is 0.308 e. The van der Waals surface area contributed by atoms with Crippen molar-refractivity contribution in [3.05, 3.63) is 53.1 Å². The van der Waals surface area contributed by atoms with Crippen LogP contribution in [0.1, 0.15) is 44.9 Å². The lowest BCUT2D eigenvalue weighted by Crippen LogP contribution is -2.08. The Labute approximate surface area is 181 Å². The van der Waals surface area contributed by atoms with Gasteiger partial charge in [0.25, 0.3) is 0 Å². The summed E-state index contributed by atoms with van der Waals surface area (Å²) >= 11 is 0. The second-order valence-electron chi connectivity index (χ2n) is 7.30. The number of carbonyl (C=O) groups is 2. The van der Waals surface area contributed by atoms with Gasteiger partial charge in [0.15, 0.2) is 23.0 Å². The van der Waals surface area contributed by atoms with E-state index >= 15 is 0 Å². The topological polar surface area (TPSA) is 80.3 Å². The summed E-state index contributed by atoms with van der Waals surface area (Å²) in [7, 11) is 3.04. The van der Waals surface area contributed by atoms with E-state index < -0.39 is 11.9 Å². The van der Waals surface area contributed by atoms with Gasteiger partial charge in [-0.05, 0) is 48.4 Å². The molecule has 164 valence electrons. The molecular formula is C24H26O7. The fourth-order valence-electron chi connectivity index (χ4n) is 3.56. The first-order valence-corrected chi connectivity index (χ1v) is 9.85. The zero-order valence-corrected chi connectivity index (χ0v) is 18.5. The van der Waals surface area contributed by atoms with Gasteiger partial charge in [-0.25, -0.2) is 0 Å². The van der Waals surface area contributed by atoms with Crippen molar-refractivity contribution >= 4 is 17.7 Å². The molecule has 0 saturated carbocycles. The summed E-state index contributed by atoms with van der Waals surface area (Å²) in [5.74, 6) is 1.63. The Morgan fingerprint density at radius 2 is 1.39 bits per heavy atom. The number of hydrogen-bond donors (Lipinski definition) is 0. The van der Waals surface area contributed by atoms with Crippen LogP contribution < -0.4 is 18.9 Å². The average molecular weight is 426 g/mol. The van der Waals surface area contributed by atoms with Gasteiger partial charge in [0.1, 0.15) is 11.9 Å². The highest BCUT2D eigenvalue weighted by molar-refractivity contribution is 5.73. The minimum atomic E-state index is -0.418. The number of methoxy groups -OCH3 is 2. The van der Waals surface area contributed by atoms with E-state index in [1.165, 1.54) is 28.1 Å². The van der Waals surface area contributed by atoms with Crippen molar-refractivity contribution in [2.75, 3.05) is 14.2 Å². The smallest absolute Gasteiger partial charge is 0.308 e. The predicted octanol–water partition coefficient (Wildman–Crippen LogP) is 4.69. The first kappa shape index (κ1) is 22.2. The average Bonchev–Trinajstić information content (AvgIpc) is 3.02. The Morgan fingerprint density at radius 1 is 0.839 bits per heavy atom. The van der Waals surface area contributed by atoms with Crippen molar-refractivity contribution in [1.29, 1.82) is 0 Å². The van der Waals surface area contributed by atoms with Gasteiger partial charge in [-0.2, -0.15) is 0 Å². The van der Waals surface area contributed by atoms with Crippen LogP contribution in [0.5, 0.6) is 23.0 Å². The van der Waals surface area contributed by atoms with Crippen LogP contribution in [0.4, 0.5) is 0 Å². The molecule has 2 aromatic rings. The summed E-state index contributed by atoms with van der Waals surface area (Å²) in [6, 6.07) is 10.7. The van der Waals surface area contributed by atoms with Crippen molar-refractivity contribution < 1.29 is 33.3 Å². The van der Waals surface area contributed by atoms with Gasteiger partial charge in [-0.3, -0.25) is 9.59 Å². The Hall–Kier alpha value is -3.48. The number of carbonyl (C=O) groups excluding carboxylic acids is 2. The molecule has 0 aliphatic carbocycles. The van der Waals surface area contributed by atoms with Gasteiger partial charge in [0.05, 0.1) is 14.2 Å². The van der Waals surface area contributed by atoms with Crippen molar-refractivity contribution in [3.63, 3.8) is 0 Å². The van der Waals surface area contributed by atoms with E-state index in [0.29, 0.717) is 23.0 Å². The normalized spacial score (nSPS) is 17.7.